The number of hydrogen-bond acceptors (Lipinski definition) is 6. The molecule has 4 rings (SSSR count). The van der Waals surface area contributed by atoms with Gasteiger partial charge in [-0.3, -0.25) is 4.79 Å². The molecular formula is C17H20N4OS2. The molecule has 0 unspecified atom stereocenters. The van der Waals surface area contributed by atoms with Gasteiger partial charge in [0.1, 0.15) is 6.04 Å². The summed E-state index contributed by atoms with van der Waals surface area (Å²) in [7, 11) is 0. The lowest BCUT2D eigenvalue weighted by Crippen LogP contribution is -2.36. The molecule has 0 bridgehead atoms. The zero-order chi connectivity index (χ0) is 16.9. The van der Waals surface area contributed by atoms with Crippen molar-refractivity contribution in [3.05, 3.63) is 33.7 Å². The summed E-state index contributed by atoms with van der Waals surface area (Å²) in [6.07, 6.45) is 1.44. The van der Waals surface area contributed by atoms with Crippen LogP contribution < -0.4 is 5.32 Å². The number of thiophene rings is 1. The smallest absolute Gasteiger partial charge is 0.227 e. The summed E-state index contributed by atoms with van der Waals surface area (Å²) in [6.45, 7) is 6.38. The van der Waals surface area contributed by atoms with Crippen molar-refractivity contribution in [2.45, 2.75) is 44.8 Å². The minimum atomic E-state index is -0.154. The molecule has 24 heavy (non-hydrogen) atoms. The Morgan fingerprint density at radius 3 is 3.00 bits per heavy atom. The molecule has 7 heteroatoms. The molecule has 0 saturated heterocycles. The van der Waals surface area contributed by atoms with Gasteiger partial charge >= 0.3 is 0 Å². The van der Waals surface area contributed by atoms with Gasteiger partial charge in [0.15, 0.2) is 5.78 Å². The molecule has 1 aliphatic heterocycles. The van der Waals surface area contributed by atoms with Gasteiger partial charge in [-0.1, -0.05) is 38.6 Å². The maximum absolute atomic E-state index is 12.9. The van der Waals surface area contributed by atoms with E-state index in [4.69, 9.17) is 0 Å². The number of nitrogens with zero attached hydrogens (tertiary/aromatic N) is 3. The standard InChI is InChI=1S/C17H20N4OS2/c1-4-23-16-19-15-18-10-8-17(2,3)9-11(22)13(10)14(21(15)20-16)12-6-5-7-24-12/h5-7,14H,4,8-9H2,1-3H3,(H,18,19,20)/t14-/m1/s1. The van der Waals surface area contributed by atoms with Crippen LogP contribution in [0.1, 0.15) is 44.5 Å². The lowest BCUT2D eigenvalue weighted by atomic mass is 9.73. The molecule has 3 heterocycles. The number of aromatic nitrogens is 3. The quantitative estimate of drug-likeness (QED) is 0.835. The van der Waals surface area contributed by atoms with Gasteiger partial charge in [0.25, 0.3) is 0 Å². The highest BCUT2D eigenvalue weighted by Crippen LogP contribution is 2.46. The van der Waals surface area contributed by atoms with Gasteiger partial charge < -0.3 is 5.32 Å². The zero-order valence-electron chi connectivity index (χ0n) is 14.0. The van der Waals surface area contributed by atoms with Crippen LogP contribution in [0, 0.1) is 5.41 Å². The van der Waals surface area contributed by atoms with Crippen LogP contribution in [0.5, 0.6) is 0 Å². The number of rotatable bonds is 3. The Bertz CT molecular complexity index is 820. The Kier molecular flexibility index (Phi) is 3.80. The third-order valence-corrected chi connectivity index (χ3v) is 6.04. The van der Waals surface area contributed by atoms with Gasteiger partial charge in [-0.05, 0) is 29.0 Å². The Balaban J connectivity index is 1.86. The first-order valence-corrected chi connectivity index (χ1v) is 10.0. The maximum Gasteiger partial charge on any atom is 0.227 e. The van der Waals surface area contributed by atoms with Crippen LogP contribution in [-0.2, 0) is 4.79 Å². The minimum absolute atomic E-state index is 0.0217. The van der Waals surface area contributed by atoms with E-state index in [1.807, 2.05) is 16.1 Å². The first kappa shape index (κ1) is 15.9. The third-order valence-electron chi connectivity index (χ3n) is 4.40. The highest BCUT2D eigenvalue weighted by molar-refractivity contribution is 7.99. The molecule has 1 atom stereocenters. The summed E-state index contributed by atoms with van der Waals surface area (Å²) in [6, 6.07) is 3.95. The van der Waals surface area contributed by atoms with E-state index in [0.717, 1.165) is 39.4 Å². The van der Waals surface area contributed by atoms with Crippen molar-refractivity contribution in [3.63, 3.8) is 0 Å². The van der Waals surface area contributed by atoms with Crippen molar-refractivity contribution in [1.82, 2.24) is 14.8 Å². The van der Waals surface area contributed by atoms with Gasteiger partial charge in [-0.15, -0.1) is 16.4 Å². The maximum atomic E-state index is 12.9. The van der Waals surface area contributed by atoms with E-state index in [1.54, 1.807) is 23.1 Å². The fourth-order valence-corrected chi connectivity index (χ4v) is 4.86. The summed E-state index contributed by atoms with van der Waals surface area (Å²) < 4.78 is 1.89. The van der Waals surface area contributed by atoms with Crippen LogP contribution in [0.15, 0.2) is 33.9 Å². The molecule has 5 nitrogen and oxygen atoms in total. The summed E-state index contributed by atoms with van der Waals surface area (Å²) in [5.41, 5.74) is 1.86. The molecule has 0 saturated carbocycles. The summed E-state index contributed by atoms with van der Waals surface area (Å²) in [4.78, 5) is 18.7. The second kappa shape index (κ2) is 5.74. The number of fused-ring (bicyclic) bond motifs is 1. The SMILES string of the molecule is CCSc1nc2n(n1)[C@H](c1cccs1)C1=C(CC(C)(C)CC1=O)N2. The van der Waals surface area contributed by atoms with Crippen LogP contribution in [-0.4, -0.2) is 26.3 Å². The van der Waals surface area contributed by atoms with Crippen LogP contribution in [0.25, 0.3) is 0 Å². The average Bonchev–Trinajstić information content (AvgIpc) is 3.12. The summed E-state index contributed by atoms with van der Waals surface area (Å²) in [5, 5.41) is 10.9. The summed E-state index contributed by atoms with van der Waals surface area (Å²) >= 11 is 3.28. The van der Waals surface area contributed by atoms with E-state index < -0.39 is 0 Å². The van der Waals surface area contributed by atoms with Gasteiger partial charge in [0, 0.05) is 22.6 Å². The molecule has 1 N–H and O–H groups in total. The van der Waals surface area contributed by atoms with Crippen molar-refractivity contribution < 1.29 is 4.79 Å². The van der Waals surface area contributed by atoms with E-state index in [0.29, 0.717) is 6.42 Å². The molecule has 126 valence electrons. The normalized spacial score (nSPS) is 22.1. The average molecular weight is 361 g/mol. The van der Waals surface area contributed by atoms with Gasteiger partial charge in [0.2, 0.25) is 11.1 Å². The van der Waals surface area contributed by atoms with Gasteiger partial charge in [-0.25, -0.2) is 4.68 Å². The largest absolute Gasteiger partial charge is 0.328 e. The molecule has 0 spiro atoms. The Morgan fingerprint density at radius 2 is 2.29 bits per heavy atom. The second-order valence-electron chi connectivity index (χ2n) is 6.97. The molecule has 0 fully saturated rings. The fourth-order valence-electron chi connectivity index (χ4n) is 3.49. The number of Topliss-reactive ketones (excluding diaryl/α,β-unsaturated/α-hetero) is 1. The van der Waals surface area contributed by atoms with E-state index in [9.17, 15) is 4.79 Å². The predicted molar refractivity (Wildman–Crippen MR) is 97.5 cm³/mol. The Morgan fingerprint density at radius 1 is 1.46 bits per heavy atom. The van der Waals surface area contributed by atoms with Crippen molar-refractivity contribution in [3.8, 4) is 0 Å². The highest BCUT2D eigenvalue weighted by atomic mass is 32.2. The second-order valence-corrected chi connectivity index (χ2v) is 9.18. The van der Waals surface area contributed by atoms with E-state index in [2.05, 4.69) is 42.2 Å². The number of nitrogens with one attached hydrogen (secondary N) is 1. The number of hydrogen-bond donors (Lipinski definition) is 1. The van der Waals surface area contributed by atoms with Crippen LogP contribution in [0.4, 0.5) is 5.95 Å². The van der Waals surface area contributed by atoms with Crippen molar-refractivity contribution in [2.24, 2.45) is 5.41 Å². The monoisotopic (exact) mass is 360 g/mol. The molecule has 2 aliphatic rings. The molecule has 0 radical (unpaired) electrons. The lowest BCUT2D eigenvalue weighted by molar-refractivity contribution is -0.118. The van der Waals surface area contributed by atoms with Crippen molar-refractivity contribution in [1.29, 1.82) is 0 Å². The lowest BCUT2D eigenvalue weighted by Gasteiger charge is -2.37. The number of thioether (sulfide) groups is 1. The van der Waals surface area contributed by atoms with Crippen molar-refractivity contribution >= 4 is 34.8 Å². The fraction of sp³-hybridized carbons (Fsp3) is 0.471. The number of ketones is 1. The molecule has 1 aliphatic carbocycles. The van der Waals surface area contributed by atoms with Crippen LogP contribution in [0.3, 0.4) is 0 Å². The molecule has 0 amide bonds. The number of carbonyl (C=O) groups is 1. The number of carbonyl (C=O) groups excluding carboxylic acids is 1. The summed E-state index contributed by atoms with van der Waals surface area (Å²) in [5.74, 6) is 1.89. The van der Waals surface area contributed by atoms with Gasteiger partial charge in [0.05, 0.1) is 0 Å². The van der Waals surface area contributed by atoms with Crippen molar-refractivity contribution in [2.75, 3.05) is 11.1 Å². The number of anilines is 1. The van der Waals surface area contributed by atoms with Crippen LogP contribution >= 0.6 is 23.1 Å². The number of allylic oxidation sites excluding steroid dienone is 2. The Labute approximate surface area is 149 Å². The topological polar surface area (TPSA) is 59.8 Å². The third kappa shape index (κ3) is 2.59. The molecular weight excluding hydrogens is 340 g/mol. The van der Waals surface area contributed by atoms with E-state index in [1.165, 1.54) is 0 Å². The van der Waals surface area contributed by atoms with E-state index in [-0.39, 0.29) is 17.2 Å². The minimum Gasteiger partial charge on any atom is -0.328 e. The highest BCUT2D eigenvalue weighted by Gasteiger charge is 2.42. The Hall–Kier alpha value is -1.60. The molecule has 2 aromatic rings. The predicted octanol–water partition coefficient (Wildman–Crippen LogP) is 4.11. The molecule has 2 aromatic heterocycles. The van der Waals surface area contributed by atoms with Gasteiger partial charge in [-0.2, -0.15) is 4.98 Å². The molecule has 0 aromatic carbocycles. The zero-order valence-corrected chi connectivity index (χ0v) is 15.6. The van der Waals surface area contributed by atoms with Crippen LogP contribution in [0.2, 0.25) is 0 Å². The van der Waals surface area contributed by atoms with E-state index >= 15 is 0 Å². The first-order chi connectivity index (χ1) is 11.5. The first-order valence-electron chi connectivity index (χ1n) is 8.14.